The van der Waals surface area contributed by atoms with Crippen LogP contribution in [-0.4, -0.2) is 20.0 Å². The number of hydrogen-bond donors (Lipinski definition) is 0. The van der Waals surface area contributed by atoms with E-state index >= 15 is 0 Å². The number of ether oxygens (including phenoxy) is 2. The van der Waals surface area contributed by atoms with Crippen LogP contribution >= 0.6 is 0 Å². The molecule has 0 amide bonds. The summed E-state index contributed by atoms with van der Waals surface area (Å²) in [5, 5.41) is 0. The zero-order valence-electron chi connectivity index (χ0n) is 7.09. The highest BCUT2D eigenvalue weighted by Crippen LogP contribution is 2.18. The molecule has 0 aliphatic heterocycles. The molecule has 0 fully saturated rings. The van der Waals surface area contributed by atoms with Gasteiger partial charge in [0.1, 0.15) is 0 Å². The van der Waals surface area contributed by atoms with Gasteiger partial charge in [-0.3, -0.25) is 4.79 Å². The molecule has 0 radical (unpaired) electrons. The SMILES string of the molecule is C=C1C=C(OC)C(=O)C(OC)=C1. The summed E-state index contributed by atoms with van der Waals surface area (Å²) in [6, 6.07) is 0. The molecule has 3 nitrogen and oxygen atoms in total. The smallest absolute Gasteiger partial charge is 0.261 e. The molecule has 0 saturated heterocycles. The van der Waals surface area contributed by atoms with Gasteiger partial charge in [-0.25, -0.2) is 0 Å². The Morgan fingerprint density at radius 1 is 1.17 bits per heavy atom. The maximum atomic E-state index is 11.3. The topological polar surface area (TPSA) is 35.5 Å². The molecule has 0 heterocycles. The Balaban J connectivity index is 2.98. The zero-order chi connectivity index (χ0) is 9.14. The van der Waals surface area contributed by atoms with E-state index in [1.165, 1.54) is 14.2 Å². The van der Waals surface area contributed by atoms with Crippen molar-refractivity contribution in [2.75, 3.05) is 14.2 Å². The van der Waals surface area contributed by atoms with Gasteiger partial charge in [-0.1, -0.05) is 6.58 Å². The lowest BCUT2D eigenvalue weighted by molar-refractivity contribution is -0.117. The quantitative estimate of drug-likeness (QED) is 0.618. The fourth-order valence-corrected chi connectivity index (χ4v) is 0.934. The molecule has 0 bridgehead atoms. The number of carbonyl (C=O) groups excluding carboxylic acids is 1. The summed E-state index contributed by atoms with van der Waals surface area (Å²) in [5.41, 5.74) is 0.698. The van der Waals surface area contributed by atoms with E-state index in [0.29, 0.717) is 5.57 Å². The molecule has 1 aliphatic rings. The summed E-state index contributed by atoms with van der Waals surface area (Å²) in [5.74, 6) is 0.283. The summed E-state index contributed by atoms with van der Waals surface area (Å²) >= 11 is 0. The van der Waals surface area contributed by atoms with Crippen LogP contribution in [0.15, 0.2) is 35.8 Å². The molecule has 1 rings (SSSR count). The van der Waals surface area contributed by atoms with Crippen LogP contribution in [0.2, 0.25) is 0 Å². The Bertz CT molecular complexity index is 258. The van der Waals surface area contributed by atoms with Gasteiger partial charge >= 0.3 is 0 Å². The molecule has 0 aromatic rings. The first-order chi connectivity index (χ1) is 5.69. The van der Waals surface area contributed by atoms with Crippen LogP contribution in [0, 0.1) is 0 Å². The summed E-state index contributed by atoms with van der Waals surface area (Å²) in [6.07, 6.45) is 3.15. The third-order valence-electron chi connectivity index (χ3n) is 1.52. The Hall–Kier alpha value is -1.51. The number of Topliss-reactive ketones (excluding diaryl/α,β-unsaturated/α-hetero) is 1. The van der Waals surface area contributed by atoms with Gasteiger partial charge in [-0.15, -0.1) is 0 Å². The molecule has 0 spiro atoms. The predicted octanol–water partition coefficient (Wildman–Crippen LogP) is 1.19. The largest absolute Gasteiger partial charge is 0.492 e. The van der Waals surface area contributed by atoms with Gasteiger partial charge in [0.2, 0.25) is 0 Å². The molecule has 0 aromatic heterocycles. The summed E-state index contributed by atoms with van der Waals surface area (Å²) in [4.78, 5) is 11.3. The van der Waals surface area contributed by atoms with Crippen molar-refractivity contribution in [2.45, 2.75) is 0 Å². The minimum absolute atomic E-state index is 0.243. The van der Waals surface area contributed by atoms with Gasteiger partial charge in [0.25, 0.3) is 5.78 Å². The van der Waals surface area contributed by atoms with Crippen LogP contribution in [0.5, 0.6) is 0 Å². The second-order valence-corrected chi connectivity index (χ2v) is 2.33. The Kier molecular flexibility index (Phi) is 2.33. The van der Waals surface area contributed by atoms with Crippen molar-refractivity contribution < 1.29 is 14.3 Å². The van der Waals surface area contributed by atoms with Crippen molar-refractivity contribution in [3.8, 4) is 0 Å². The molecule has 0 N–H and O–H groups in total. The maximum absolute atomic E-state index is 11.3. The van der Waals surface area contributed by atoms with Gasteiger partial charge in [0.15, 0.2) is 11.5 Å². The first-order valence-electron chi connectivity index (χ1n) is 3.44. The van der Waals surface area contributed by atoms with Crippen molar-refractivity contribution in [3.05, 3.63) is 35.8 Å². The monoisotopic (exact) mass is 166 g/mol. The highest BCUT2D eigenvalue weighted by Gasteiger charge is 2.20. The number of carbonyl (C=O) groups is 1. The minimum Gasteiger partial charge on any atom is -0.492 e. The molecule has 0 unspecified atom stereocenters. The molecular weight excluding hydrogens is 156 g/mol. The predicted molar refractivity (Wildman–Crippen MR) is 44.3 cm³/mol. The lowest BCUT2D eigenvalue weighted by Gasteiger charge is -2.12. The lowest BCUT2D eigenvalue weighted by atomic mass is 10.1. The fraction of sp³-hybridized carbons (Fsp3) is 0.222. The van der Waals surface area contributed by atoms with E-state index in [1.54, 1.807) is 12.2 Å². The van der Waals surface area contributed by atoms with Crippen molar-refractivity contribution in [1.29, 1.82) is 0 Å². The first kappa shape index (κ1) is 8.59. The van der Waals surface area contributed by atoms with E-state index in [1.807, 2.05) is 0 Å². The first-order valence-corrected chi connectivity index (χ1v) is 3.44. The summed E-state index contributed by atoms with van der Waals surface area (Å²) < 4.78 is 9.67. The minimum atomic E-state index is -0.243. The van der Waals surface area contributed by atoms with E-state index in [9.17, 15) is 4.79 Å². The average molecular weight is 166 g/mol. The lowest BCUT2D eigenvalue weighted by Crippen LogP contribution is -2.13. The molecule has 3 heteroatoms. The maximum Gasteiger partial charge on any atom is 0.261 e. The highest BCUT2D eigenvalue weighted by molar-refractivity contribution is 6.07. The van der Waals surface area contributed by atoms with Gasteiger partial charge < -0.3 is 9.47 Å². The van der Waals surface area contributed by atoms with E-state index < -0.39 is 0 Å². The molecule has 64 valence electrons. The van der Waals surface area contributed by atoms with Gasteiger partial charge in [0.05, 0.1) is 14.2 Å². The van der Waals surface area contributed by atoms with Crippen molar-refractivity contribution >= 4 is 5.78 Å². The number of ketones is 1. The molecule has 0 aromatic carbocycles. The van der Waals surface area contributed by atoms with Crippen LogP contribution in [0.4, 0.5) is 0 Å². The Morgan fingerprint density at radius 3 is 1.92 bits per heavy atom. The van der Waals surface area contributed by atoms with Crippen LogP contribution in [0.25, 0.3) is 0 Å². The number of hydrogen-bond acceptors (Lipinski definition) is 3. The number of methoxy groups -OCH3 is 2. The van der Waals surface area contributed by atoms with E-state index in [4.69, 9.17) is 9.47 Å². The van der Waals surface area contributed by atoms with Crippen LogP contribution in [-0.2, 0) is 14.3 Å². The third kappa shape index (κ3) is 1.39. The fourth-order valence-electron chi connectivity index (χ4n) is 0.934. The van der Waals surface area contributed by atoms with Gasteiger partial charge in [-0.05, 0) is 17.7 Å². The normalized spacial score (nSPS) is 16.8. The van der Waals surface area contributed by atoms with Gasteiger partial charge in [0, 0.05) is 0 Å². The zero-order valence-corrected chi connectivity index (χ0v) is 7.09. The summed E-state index contributed by atoms with van der Waals surface area (Å²) in [7, 11) is 2.88. The molecule has 12 heavy (non-hydrogen) atoms. The average Bonchev–Trinajstić information content (AvgIpc) is 2.08. The molecule has 0 saturated carbocycles. The standard InChI is InChI=1S/C9H10O3/c1-6-4-7(11-2)9(10)8(5-6)12-3/h4-5H,1H2,2-3H3. The van der Waals surface area contributed by atoms with Crippen molar-refractivity contribution in [2.24, 2.45) is 0 Å². The molecule has 1 aliphatic carbocycles. The molecule has 0 atom stereocenters. The van der Waals surface area contributed by atoms with Crippen LogP contribution in [0.3, 0.4) is 0 Å². The second kappa shape index (κ2) is 3.26. The summed E-state index contributed by atoms with van der Waals surface area (Å²) in [6.45, 7) is 3.68. The number of rotatable bonds is 2. The van der Waals surface area contributed by atoms with Gasteiger partial charge in [-0.2, -0.15) is 0 Å². The third-order valence-corrected chi connectivity index (χ3v) is 1.52. The highest BCUT2D eigenvalue weighted by atomic mass is 16.5. The van der Waals surface area contributed by atoms with Crippen LogP contribution < -0.4 is 0 Å². The Morgan fingerprint density at radius 2 is 1.58 bits per heavy atom. The van der Waals surface area contributed by atoms with E-state index in [-0.39, 0.29) is 17.3 Å². The number of allylic oxidation sites excluding steroid dienone is 3. The second-order valence-electron chi connectivity index (χ2n) is 2.33. The van der Waals surface area contributed by atoms with Crippen molar-refractivity contribution in [1.82, 2.24) is 0 Å². The van der Waals surface area contributed by atoms with Crippen LogP contribution in [0.1, 0.15) is 0 Å². The Labute approximate surface area is 71.0 Å². The molecular formula is C9H10O3. The van der Waals surface area contributed by atoms with E-state index in [2.05, 4.69) is 6.58 Å². The van der Waals surface area contributed by atoms with Crippen molar-refractivity contribution in [3.63, 3.8) is 0 Å². The van der Waals surface area contributed by atoms with E-state index in [0.717, 1.165) is 0 Å².